The molecule has 0 unspecified atom stereocenters. The molecule has 3 heterocycles. The average molecular weight is 636 g/mol. The molecule has 2 atom stereocenters. The van der Waals surface area contributed by atoms with Crippen molar-refractivity contribution in [2.45, 2.75) is 19.0 Å². The topological polar surface area (TPSA) is 82.5 Å². The zero-order valence-corrected chi connectivity index (χ0v) is 26.0. The number of sulfone groups is 1. The van der Waals surface area contributed by atoms with Gasteiger partial charge in [0.05, 0.1) is 18.4 Å². The van der Waals surface area contributed by atoms with Crippen LogP contribution in [0.5, 0.6) is 5.75 Å². The number of halogens is 2. The number of thiophene rings is 1. The van der Waals surface area contributed by atoms with Gasteiger partial charge in [0, 0.05) is 49.0 Å². The van der Waals surface area contributed by atoms with Crippen molar-refractivity contribution < 1.29 is 17.9 Å². The van der Waals surface area contributed by atoms with Crippen LogP contribution in [0, 0.1) is 0 Å². The normalized spacial score (nSPS) is 19.9. The number of hydrogen-bond donors (Lipinski definition) is 0. The molecule has 0 N–H and O–H groups in total. The number of ether oxygens (including phenoxy) is 1. The summed E-state index contributed by atoms with van der Waals surface area (Å²) in [6.45, 7) is 5.02. The van der Waals surface area contributed by atoms with Crippen LogP contribution < -0.4 is 4.74 Å². The molecular formula is C29H32Cl2N4O4S2. The van der Waals surface area contributed by atoms with Crippen LogP contribution in [0.1, 0.15) is 35.0 Å². The first-order valence-electron chi connectivity index (χ1n) is 13.4. The number of amides is 2. The van der Waals surface area contributed by atoms with Crippen LogP contribution in [0.3, 0.4) is 0 Å². The second-order valence-electron chi connectivity index (χ2n) is 10.1. The molecule has 2 amide bonds. The van der Waals surface area contributed by atoms with Crippen molar-refractivity contribution >= 4 is 56.2 Å². The molecule has 2 aliphatic rings. The third-order valence-corrected chi connectivity index (χ3v) is 9.57. The lowest BCUT2D eigenvalue weighted by atomic mass is 9.94. The number of urea groups is 1. The molecule has 12 heteroatoms. The van der Waals surface area contributed by atoms with Gasteiger partial charge >= 0.3 is 6.03 Å². The maximum absolute atomic E-state index is 14.5. The lowest BCUT2D eigenvalue weighted by molar-refractivity contribution is 0.122. The smallest absolute Gasteiger partial charge is 0.326 e. The molecule has 8 nitrogen and oxygen atoms in total. The average Bonchev–Trinajstić information content (AvgIpc) is 3.57. The van der Waals surface area contributed by atoms with E-state index in [1.54, 1.807) is 4.90 Å². The van der Waals surface area contributed by atoms with Gasteiger partial charge < -0.3 is 9.64 Å². The van der Waals surface area contributed by atoms with Gasteiger partial charge in [-0.2, -0.15) is 0 Å². The lowest BCUT2D eigenvalue weighted by Crippen LogP contribution is -2.54. The Hall–Kier alpha value is -2.63. The van der Waals surface area contributed by atoms with E-state index in [1.807, 2.05) is 71.8 Å². The summed E-state index contributed by atoms with van der Waals surface area (Å²) in [5.74, 6) is 1.35. The molecular weight excluding hydrogens is 603 g/mol. The number of rotatable bonds is 8. The highest BCUT2D eigenvalue weighted by Gasteiger charge is 2.45. The number of hydrogen-bond acceptors (Lipinski definition) is 7. The summed E-state index contributed by atoms with van der Waals surface area (Å²) >= 11 is 14.0. The van der Waals surface area contributed by atoms with E-state index >= 15 is 0 Å². The van der Waals surface area contributed by atoms with Gasteiger partial charge in [0.2, 0.25) is 0 Å². The molecule has 0 spiro atoms. The van der Waals surface area contributed by atoms with Crippen LogP contribution in [0.4, 0.5) is 4.79 Å². The summed E-state index contributed by atoms with van der Waals surface area (Å²) in [6.07, 6.45) is 1.25. The third kappa shape index (κ3) is 6.89. The second-order valence-corrected chi connectivity index (χ2v) is 14.2. The maximum atomic E-state index is 14.5. The Kier molecular flexibility index (Phi) is 9.25. The number of piperazine rings is 1. The summed E-state index contributed by atoms with van der Waals surface area (Å²) < 4.78 is 29.3. The second kappa shape index (κ2) is 12.7. The van der Waals surface area contributed by atoms with E-state index in [-0.39, 0.29) is 17.8 Å². The van der Waals surface area contributed by atoms with Crippen LogP contribution in [0.25, 0.3) is 0 Å². The van der Waals surface area contributed by atoms with Crippen LogP contribution >= 0.6 is 34.5 Å². The fraction of sp³-hybridized carbons (Fsp3) is 0.379. The molecule has 2 aromatic carbocycles. The summed E-state index contributed by atoms with van der Waals surface area (Å²) in [5.41, 5.74) is 1.84. The first-order valence-corrected chi connectivity index (χ1v) is 17.1. The fourth-order valence-corrected chi connectivity index (χ4v) is 6.83. The van der Waals surface area contributed by atoms with Crippen molar-refractivity contribution in [2.75, 3.05) is 51.3 Å². The monoisotopic (exact) mass is 634 g/mol. The van der Waals surface area contributed by atoms with Crippen molar-refractivity contribution in [2.24, 2.45) is 4.99 Å². The van der Waals surface area contributed by atoms with Gasteiger partial charge in [-0.25, -0.2) is 13.2 Å². The number of carbonyl (C=O) groups excluding carboxylic acids is 1. The van der Waals surface area contributed by atoms with Gasteiger partial charge in [-0.3, -0.25) is 14.8 Å². The van der Waals surface area contributed by atoms with Crippen molar-refractivity contribution in [1.82, 2.24) is 14.7 Å². The molecule has 0 saturated carbocycles. The fourth-order valence-electron chi connectivity index (χ4n) is 5.16. The Bertz CT molecular complexity index is 1500. The van der Waals surface area contributed by atoms with E-state index in [4.69, 9.17) is 32.9 Å². The van der Waals surface area contributed by atoms with Gasteiger partial charge in [0.15, 0.2) is 5.84 Å². The lowest BCUT2D eigenvalue weighted by Gasteiger charge is -2.39. The quantitative estimate of drug-likeness (QED) is 0.314. The Morgan fingerprint density at radius 2 is 1.59 bits per heavy atom. The van der Waals surface area contributed by atoms with Crippen LogP contribution in [-0.2, 0) is 9.84 Å². The number of aliphatic imine (C=N–C) groups is 1. The molecule has 0 bridgehead atoms. The van der Waals surface area contributed by atoms with E-state index in [0.29, 0.717) is 61.0 Å². The molecule has 1 saturated heterocycles. The zero-order chi connectivity index (χ0) is 29.1. The highest BCUT2D eigenvalue weighted by atomic mass is 35.5. The highest BCUT2D eigenvalue weighted by molar-refractivity contribution is 7.90. The van der Waals surface area contributed by atoms with Gasteiger partial charge in [0.25, 0.3) is 0 Å². The highest BCUT2D eigenvalue weighted by Crippen LogP contribution is 2.46. The number of amidine groups is 1. The molecule has 1 aromatic heterocycles. The Morgan fingerprint density at radius 1 is 0.976 bits per heavy atom. The Balaban J connectivity index is 1.53. The van der Waals surface area contributed by atoms with Gasteiger partial charge in [-0.1, -0.05) is 47.5 Å². The van der Waals surface area contributed by atoms with Crippen LogP contribution in [0.15, 0.2) is 65.0 Å². The number of benzene rings is 2. The molecule has 0 aliphatic carbocycles. The molecule has 218 valence electrons. The summed E-state index contributed by atoms with van der Waals surface area (Å²) in [5, 5.41) is 3.17. The summed E-state index contributed by atoms with van der Waals surface area (Å²) in [6, 6.07) is 16.0. The zero-order valence-electron chi connectivity index (χ0n) is 22.9. The number of carbonyl (C=O) groups is 1. The van der Waals surface area contributed by atoms with Gasteiger partial charge in [-0.05, 0) is 53.8 Å². The van der Waals surface area contributed by atoms with E-state index < -0.39 is 15.9 Å². The van der Waals surface area contributed by atoms with Crippen molar-refractivity contribution in [1.29, 1.82) is 0 Å². The van der Waals surface area contributed by atoms with Crippen molar-refractivity contribution in [3.8, 4) is 5.75 Å². The molecule has 3 aromatic rings. The molecule has 0 radical (unpaired) electrons. The minimum absolute atomic E-state index is 0.101. The van der Waals surface area contributed by atoms with Gasteiger partial charge in [0.1, 0.15) is 26.5 Å². The first kappa shape index (κ1) is 29.8. The Labute approximate surface area is 255 Å². The summed E-state index contributed by atoms with van der Waals surface area (Å²) in [4.78, 5) is 26.2. The predicted octanol–water partition coefficient (Wildman–Crippen LogP) is 5.78. The predicted molar refractivity (Wildman–Crippen MR) is 165 cm³/mol. The molecule has 5 rings (SSSR count). The van der Waals surface area contributed by atoms with Crippen molar-refractivity contribution in [3.63, 3.8) is 0 Å². The van der Waals surface area contributed by atoms with Crippen LogP contribution in [0.2, 0.25) is 10.0 Å². The van der Waals surface area contributed by atoms with Crippen molar-refractivity contribution in [3.05, 3.63) is 86.0 Å². The van der Waals surface area contributed by atoms with E-state index in [0.717, 1.165) is 16.0 Å². The standard InChI is InChI=1S/C29H32Cl2N4O4S2/c1-3-39-24-12-18-40-27(24)28-32-25(20-4-8-22(30)9-5-20)26(21-6-10-23(31)11-7-21)35(28)29(36)34-15-13-33(14-16-34)17-19-41(2,37)38/h4-12,18,25-26H,3,13-17,19H2,1-2H3/t25-,26+/m0/s1. The Morgan fingerprint density at radius 3 is 2.17 bits per heavy atom. The van der Waals surface area contributed by atoms with Crippen LogP contribution in [-0.4, -0.2) is 86.3 Å². The van der Waals surface area contributed by atoms with Gasteiger partial charge in [-0.15, -0.1) is 11.3 Å². The molecule has 1 fully saturated rings. The molecule has 2 aliphatic heterocycles. The number of nitrogens with zero attached hydrogens (tertiary/aromatic N) is 4. The largest absolute Gasteiger partial charge is 0.492 e. The van der Waals surface area contributed by atoms with E-state index in [1.165, 1.54) is 17.6 Å². The van der Waals surface area contributed by atoms with E-state index in [9.17, 15) is 13.2 Å². The van der Waals surface area contributed by atoms with E-state index in [2.05, 4.69) is 4.90 Å². The minimum atomic E-state index is -3.06. The SMILES string of the molecule is CCOc1ccsc1C1=N[C@@H](c2ccc(Cl)cc2)[C@@H](c2ccc(Cl)cc2)N1C(=O)N1CCN(CCS(C)(=O)=O)CC1. The molecule has 41 heavy (non-hydrogen) atoms. The minimum Gasteiger partial charge on any atom is -0.492 e. The maximum Gasteiger partial charge on any atom is 0.326 e. The third-order valence-electron chi connectivity index (χ3n) is 7.25. The summed E-state index contributed by atoms with van der Waals surface area (Å²) in [7, 11) is -3.06. The first-order chi connectivity index (χ1) is 19.6.